The first-order chi connectivity index (χ1) is 13.5. The molecule has 2 aromatic rings. The van der Waals surface area contributed by atoms with Crippen molar-refractivity contribution in [1.82, 2.24) is 19.7 Å². The predicted octanol–water partition coefficient (Wildman–Crippen LogP) is 0.768. The number of primary amides is 1. The van der Waals surface area contributed by atoms with Crippen LogP contribution >= 0.6 is 11.6 Å². The number of nitrogens with two attached hydrogens (primary N) is 1. The Morgan fingerprint density at radius 2 is 1.66 bits per heavy atom. The van der Waals surface area contributed by atoms with Crippen LogP contribution in [0.25, 0.3) is 0 Å². The minimum absolute atomic E-state index is 0.0663. The number of amides is 3. The van der Waals surface area contributed by atoms with Crippen LogP contribution in [-0.4, -0.2) is 49.5 Å². The number of nitrogens with zero attached hydrogens (tertiary/aromatic N) is 3. The summed E-state index contributed by atoms with van der Waals surface area (Å²) in [7, 11) is -1.94. The SMILES string of the molecule is COc1cc(OC)nc(NC(=O)NS(=O)(=O)c2nc(C)c(Cl)c(C)c2C(N)=O)n1. The summed E-state index contributed by atoms with van der Waals surface area (Å²) < 4.78 is 36.9. The number of carbonyl (C=O) groups is 2. The van der Waals surface area contributed by atoms with Crippen molar-refractivity contribution in [2.24, 2.45) is 5.73 Å². The Morgan fingerprint density at radius 3 is 2.14 bits per heavy atom. The van der Waals surface area contributed by atoms with Crippen molar-refractivity contribution in [2.75, 3.05) is 19.5 Å². The first-order valence-corrected chi connectivity index (χ1v) is 9.63. The molecule has 4 N–H and O–H groups in total. The molecular formula is C15H17ClN6O6S. The summed E-state index contributed by atoms with van der Waals surface area (Å²) in [5.41, 5.74) is 5.09. The number of hydrogen-bond donors (Lipinski definition) is 3. The molecule has 14 heteroatoms. The van der Waals surface area contributed by atoms with Crippen LogP contribution in [-0.2, 0) is 10.0 Å². The van der Waals surface area contributed by atoms with Crippen molar-refractivity contribution in [3.63, 3.8) is 0 Å². The normalized spacial score (nSPS) is 10.9. The lowest BCUT2D eigenvalue weighted by Crippen LogP contribution is -2.37. The molecule has 0 aliphatic heterocycles. The Hall–Kier alpha value is -3.19. The average Bonchev–Trinajstić information content (AvgIpc) is 2.64. The molecule has 0 spiro atoms. The predicted molar refractivity (Wildman–Crippen MR) is 102 cm³/mol. The van der Waals surface area contributed by atoms with Gasteiger partial charge in [0.05, 0.1) is 36.6 Å². The highest BCUT2D eigenvalue weighted by atomic mass is 35.5. The first-order valence-electron chi connectivity index (χ1n) is 7.77. The second kappa shape index (κ2) is 8.45. The van der Waals surface area contributed by atoms with Gasteiger partial charge in [-0.15, -0.1) is 0 Å². The van der Waals surface area contributed by atoms with Gasteiger partial charge < -0.3 is 15.2 Å². The van der Waals surface area contributed by atoms with Crippen LogP contribution in [0.5, 0.6) is 11.8 Å². The van der Waals surface area contributed by atoms with E-state index in [1.165, 1.54) is 34.1 Å². The van der Waals surface area contributed by atoms with Crippen molar-refractivity contribution in [2.45, 2.75) is 18.9 Å². The number of carbonyl (C=O) groups excluding carboxylic acids is 2. The van der Waals surface area contributed by atoms with E-state index < -0.39 is 32.6 Å². The number of pyridine rings is 1. The lowest BCUT2D eigenvalue weighted by Gasteiger charge is -2.14. The highest BCUT2D eigenvalue weighted by Crippen LogP contribution is 2.26. The minimum Gasteiger partial charge on any atom is -0.481 e. The smallest absolute Gasteiger partial charge is 0.335 e. The number of halogens is 1. The van der Waals surface area contributed by atoms with Crippen LogP contribution in [0, 0.1) is 13.8 Å². The molecule has 29 heavy (non-hydrogen) atoms. The number of hydrogen-bond acceptors (Lipinski definition) is 9. The van der Waals surface area contributed by atoms with E-state index in [1.54, 1.807) is 4.72 Å². The van der Waals surface area contributed by atoms with Gasteiger partial charge in [-0.3, -0.25) is 10.1 Å². The van der Waals surface area contributed by atoms with Gasteiger partial charge in [0.15, 0.2) is 5.03 Å². The molecule has 3 amide bonds. The van der Waals surface area contributed by atoms with Gasteiger partial charge in [0, 0.05) is 0 Å². The summed E-state index contributed by atoms with van der Waals surface area (Å²) >= 11 is 6.01. The number of urea groups is 1. The number of ether oxygens (including phenoxy) is 2. The molecule has 156 valence electrons. The van der Waals surface area contributed by atoms with Gasteiger partial charge in [0.25, 0.3) is 15.9 Å². The molecule has 0 atom stereocenters. The fourth-order valence-corrected chi connectivity index (χ4v) is 3.56. The number of aromatic nitrogens is 3. The molecule has 0 fully saturated rings. The molecule has 0 radical (unpaired) electrons. The van der Waals surface area contributed by atoms with Crippen molar-refractivity contribution in [1.29, 1.82) is 0 Å². The van der Waals surface area contributed by atoms with Crippen LogP contribution in [0.3, 0.4) is 0 Å². The van der Waals surface area contributed by atoms with Gasteiger partial charge in [-0.1, -0.05) is 11.6 Å². The summed E-state index contributed by atoms with van der Waals surface area (Å²) in [5.74, 6) is -1.23. The average molecular weight is 445 g/mol. The zero-order chi connectivity index (χ0) is 21.9. The number of anilines is 1. The Bertz CT molecular complexity index is 1070. The van der Waals surface area contributed by atoms with Crippen LogP contribution in [0.2, 0.25) is 5.02 Å². The largest absolute Gasteiger partial charge is 0.481 e. The van der Waals surface area contributed by atoms with E-state index in [4.69, 9.17) is 26.8 Å². The third kappa shape index (κ3) is 4.81. The summed E-state index contributed by atoms with van der Waals surface area (Å²) in [4.78, 5) is 35.4. The third-order valence-corrected chi connectivity index (χ3v) is 5.37. The van der Waals surface area contributed by atoms with Crippen LogP contribution in [0.15, 0.2) is 11.1 Å². The van der Waals surface area contributed by atoms with Gasteiger partial charge in [0.2, 0.25) is 17.7 Å². The van der Waals surface area contributed by atoms with Crippen LogP contribution in [0.1, 0.15) is 21.6 Å². The molecule has 0 unspecified atom stereocenters. The Morgan fingerprint density at radius 1 is 1.10 bits per heavy atom. The van der Waals surface area contributed by atoms with Gasteiger partial charge in [-0.05, 0) is 19.4 Å². The van der Waals surface area contributed by atoms with Crippen molar-refractivity contribution in [3.05, 3.63) is 27.9 Å². The maximum Gasteiger partial charge on any atom is 0.335 e. The Labute approximate surface area is 170 Å². The molecule has 2 aromatic heterocycles. The highest BCUT2D eigenvalue weighted by molar-refractivity contribution is 7.90. The summed E-state index contributed by atoms with van der Waals surface area (Å²) in [6.07, 6.45) is 0. The van der Waals surface area contributed by atoms with Gasteiger partial charge in [-0.25, -0.2) is 14.5 Å². The molecular weight excluding hydrogens is 428 g/mol. The molecule has 2 rings (SSSR count). The standard InChI is InChI=1S/C15H17ClN6O6S/c1-6-10(12(17)23)13(18-7(2)11(6)16)29(25,26)22-15(24)21-14-19-8(27-3)5-9(20-14)28-4/h5H,1-4H3,(H2,17,23)(H2,19,20,21,22,24). The van der Waals surface area contributed by atoms with E-state index in [0.717, 1.165) is 0 Å². The maximum absolute atomic E-state index is 12.6. The molecule has 0 saturated heterocycles. The molecule has 0 aliphatic rings. The fraction of sp³-hybridized carbons (Fsp3) is 0.267. The minimum atomic E-state index is -4.60. The van der Waals surface area contributed by atoms with E-state index >= 15 is 0 Å². The second-order valence-corrected chi connectivity index (χ2v) is 7.49. The van der Waals surface area contributed by atoms with Gasteiger partial charge in [0.1, 0.15) is 0 Å². The van der Waals surface area contributed by atoms with Crippen LogP contribution < -0.4 is 25.2 Å². The lowest BCUT2D eigenvalue weighted by atomic mass is 10.1. The summed E-state index contributed by atoms with van der Waals surface area (Å²) in [5, 5.41) is 1.47. The van der Waals surface area contributed by atoms with E-state index in [1.807, 2.05) is 0 Å². The number of sulfonamides is 1. The van der Waals surface area contributed by atoms with E-state index in [9.17, 15) is 18.0 Å². The summed E-state index contributed by atoms with van der Waals surface area (Å²) in [6.45, 7) is 2.85. The molecule has 0 aliphatic carbocycles. The molecule has 12 nitrogen and oxygen atoms in total. The number of rotatable bonds is 6. The fourth-order valence-electron chi connectivity index (χ4n) is 2.25. The molecule has 2 heterocycles. The third-order valence-electron chi connectivity index (χ3n) is 3.56. The quantitative estimate of drug-likeness (QED) is 0.580. The van der Waals surface area contributed by atoms with E-state index in [-0.39, 0.29) is 34.0 Å². The molecule has 0 saturated carbocycles. The highest BCUT2D eigenvalue weighted by Gasteiger charge is 2.29. The van der Waals surface area contributed by atoms with Crippen LogP contribution in [0.4, 0.5) is 10.7 Å². The van der Waals surface area contributed by atoms with E-state index in [0.29, 0.717) is 0 Å². The lowest BCUT2D eigenvalue weighted by molar-refractivity contribution is 0.0995. The number of aryl methyl sites for hydroxylation is 1. The zero-order valence-electron chi connectivity index (χ0n) is 15.7. The maximum atomic E-state index is 12.6. The first kappa shape index (κ1) is 22.1. The van der Waals surface area contributed by atoms with E-state index in [2.05, 4.69) is 20.3 Å². The summed E-state index contributed by atoms with van der Waals surface area (Å²) in [6, 6.07) is 0.130. The van der Waals surface area contributed by atoms with Crippen molar-refractivity contribution < 1.29 is 27.5 Å². The monoisotopic (exact) mass is 444 g/mol. The van der Waals surface area contributed by atoms with Crippen molar-refractivity contribution >= 4 is 39.5 Å². The number of nitrogens with one attached hydrogen (secondary N) is 2. The van der Waals surface area contributed by atoms with Gasteiger partial charge >= 0.3 is 6.03 Å². The van der Waals surface area contributed by atoms with Gasteiger partial charge in [-0.2, -0.15) is 18.4 Å². The Kier molecular flexibility index (Phi) is 6.44. The Balaban J connectivity index is 2.37. The van der Waals surface area contributed by atoms with Crippen molar-refractivity contribution in [3.8, 4) is 11.8 Å². The zero-order valence-corrected chi connectivity index (χ0v) is 17.3. The second-order valence-electron chi connectivity index (χ2n) is 5.52. The number of methoxy groups -OCH3 is 2. The molecule has 0 aromatic carbocycles. The molecule has 0 bridgehead atoms. The topological polar surface area (TPSA) is 175 Å².